The van der Waals surface area contributed by atoms with E-state index in [2.05, 4.69) is 13.8 Å². The third-order valence-corrected chi connectivity index (χ3v) is 6.98. The smallest absolute Gasteiger partial charge is 0.160 e. The topological polar surface area (TPSA) is 40.5 Å². The number of phenolic OH excluding ortho intramolecular Hbond substituents is 2. The van der Waals surface area contributed by atoms with Crippen molar-refractivity contribution in [2.75, 3.05) is 0 Å². The van der Waals surface area contributed by atoms with Crippen molar-refractivity contribution in [1.82, 2.24) is 0 Å². The SMILES string of the molecule is CC1(CCCCCc2ccc(CCCCCC3(C)CC3)c(O)c2O)CC1. The van der Waals surface area contributed by atoms with Gasteiger partial charge in [0.25, 0.3) is 0 Å². The summed E-state index contributed by atoms with van der Waals surface area (Å²) in [6.07, 6.45) is 17.3. The van der Waals surface area contributed by atoms with Gasteiger partial charge in [-0.05, 0) is 86.2 Å². The number of unbranched alkanes of at least 4 members (excludes halogenated alkanes) is 4. The van der Waals surface area contributed by atoms with Crippen LogP contribution in [0.1, 0.15) is 102 Å². The summed E-state index contributed by atoms with van der Waals surface area (Å²) in [6, 6.07) is 4.05. The Labute approximate surface area is 160 Å². The van der Waals surface area contributed by atoms with Gasteiger partial charge in [0.1, 0.15) is 0 Å². The lowest BCUT2D eigenvalue weighted by Gasteiger charge is -2.12. The van der Waals surface area contributed by atoms with Crippen LogP contribution in [0, 0.1) is 10.8 Å². The number of aromatic hydroxyl groups is 2. The van der Waals surface area contributed by atoms with Gasteiger partial charge in [-0.2, -0.15) is 0 Å². The largest absolute Gasteiger partial charge is 0.504 e. The molecule has 1 aromatic carbocycles. The number of hydrogen-bond acceptors (Lipinski definition) is 2. The molecule has 2 saturated carbocycles. The van der Waals surface area contributed by atoms with Gasteiger partial charge in [0.05, 0.1) is 0 Å². The molecule has 0 aromatic heterocycles. The van der Waals surface area contributed by atoms with Crippen molar-refractivity contribution in [2.24, 2.45) is 10.8 Å². The van der Waals surface area contributed by atoms with Crippen LogP contribution in [0.4, 0.5) is 0 Å². The Balaban J connectivity index is 1.36. The van der Waals surface area contributed by atoms with Crippen LogP contribution in [0.25, 0.3) is 0 Å². The van der Waals surface area contributed by atoms with Gasteiger partial charge in [-0.3, -0.25) is 0 Å². The van der Waals surface area contributed by atoms with Crippen LogP contribution in [0.3, 0.4) is 0 Å². The van der Waals surface area contributed by atoms with E-state index in [1.807, 2.05) is 12.1 Å². The second-order valence-electron chi connectivity index (χ2n) is 9.82. The standard InChI is InChI=1S/C24H38O2/c1-23(15-16-23)13-7-3-5-9-19-11-12-20(22(26)21(19)25)10-6-4-8-14-24(2)17-18-24/h11-12,25-26H,3-10,13-18H2,1-2H3. The molecule has 2 fully saturated rings. The van der Waals surface area contributed by atoms with E-state index in [9.17, 15) is 10.2 Å². The zero-order valence-corrected chi connectivity index (χ0v) is 16.9. The predicted octanol–water partition coefficient (Wildman–Crippen LogP) is 6.90. The zero-order chi connectivity index (χ0) is 18.6. The van der Waals surface area contributed by atoms with E-state index in [4.69, 9.17) is 0 Å². The van der Waals surface area contributed by atoms with Crippen molar-refractivity contribution >= 4 is 0 Å². The lowest BCUT2D eigenvalue weighted by molar-refractivity contribution is 0.393. The molecule has 0 amide bonds. The van der Waals surface area contributed by atoms with Crippen molar-refractivity contribution in [3.05, 3.63) is 23.3 Å². The normalized spacial score (nSPS) is 19.5. The average Bonchev–Trinajstić information content (AvgIpc) is 3.52. The van der Waals surface area contributed by atoms with Crippen molar-refractivity contribution in [2.45, 2.75) is 104 Å². The molecule has 2 nitrogen and oxygen atoms in total. The first kappa shape index (κ1) is 19.6. The van der Waals surface area contributed by atoms with Crippen LogP contribution in [-0.2, 0) is 12.8 Å². The summed E-state index contributed by atoms with van der Waals surface area (Å²) in [5.74, 6) is 0.254. The Morgan fingerprint density at radius 2 is 1.04 bits per heavy atom. The second kappa shape index (κ2) is 8.23. The van der Waals surface area contributed by atoms with E-state index in [-0.39, 0.29) is 11.5 Å². The summed E-state index contributed by atoms with van der Waals surface area (Å²) in [5, 5.41) is 20.7. The molecule has 2 N–H and O–H groups in total. The molecule has 0 spiro atoms. The fraction of sp³-hybridized carbons (Fsp3) is 0.750. The second-order valence-corrected chi connectivity index (χ2v) is 9.82. The first-order valence-corrected chi connectivity index (χ1v) is 10.9. The van der Waals surface area contributed by atoms with Crippen LogP contribution in [-0.4, -0.2) is 10.2 Å². The van der Waals surface area contributed by atoms with Crippen LogP contribution in [0.2, 0.25) is 0 Å². The molecule has 0 unspecified atom stereocenters. The zero-order valence-electron chi connectivity index (χ0n) is 16.9. The Morgan fingerprint density at radius 3 is 1.38 bits per heavy atom. The van der Waals surface area contributed by atoms with E-state index in [0.717, 1.165) is 36.8 Å². The molecular weight excluding hydrogens is 320 g/mol. The molecule has 3 rings (SSSR count). The van der Waals surface area contributed by atoms with Gasteiger partial charge in [0.2, 0.25) is 0 Å². The molecule has 2 aliphatic rings. The Kier molecular flexibility index (Phi) is 6.20. The molecule has 0 heterocycles. The van der Waals surface area contributed by atoms with E-state index in [1.165, 1.54) is 64.2 Å². The lowest BCUT2D eigenvalue weighted by Crippen LogP contribution is -1.95. The maximum Gasteiger partial charge on any atom is 0.160 e. The molecule has 0 atom stereocenters. The first-order valence-electron chi connectivity index (χ1n) is 10.9. The maximum atomic E-state index is 10.3. The fourth-order valence-corrected chi connectivity index (χ4v) is 4.08. The van der Waals surface area contributed by atoms with Crippen molar-refractivity contribution < 1.29 is 10.2 Å². The molecule has 146 valence electrons. The monoisotopic (exact) mass is 358 g/mol. The van der Waals surface area contributed by atoms with Crippen LogP contribution in [0.15, 0.2) is 12.1 Å². The van der Waals surface area contributed by atoms with Gasteiger partial charge in [0.15, 0.2) is 11.5 Å². The molecule has 0 radical (unpaired) electrons. The Hall–Kier alpha value is -1.18. The minimum Gasteiger partial charge on any atom is -0.504 e. The first-order chi connectivity index (χ1) is 12.4. The summed E-state index contributed by atoms with van der Waals surface area (Å²) >= 11 is 0. The van der Waals surface area contributed by atoms with Crippen LogP contribution in [0.5, 0.6) is 11.5 Å². The van der Waals surface area contributed by atoms with Crippen molar-refractivity contribution in [1.29, 1.82) is 0 Å². The van der Waals surface area contributed by atoms with Gasteiger partial charge >= 0.3 is 0 Å². The maximum absolute atomic E-state index is 10.3. The quantitative estimate of drug-likeness (QED) is 0.315. The minimum atomic E-state index is 0.127. The minimum absolute atomic E-state index is 0.127. The fourth-order valence-electron chi connectivity index (χ4n) is 4.08. The van der Waals surface area contributed by atoms with Crippen LogP contribution < -0.4 is 0 Å². The number of phenols is 2. The highest BCUT2D eigenvalue weighted by atomic mass is 16.3. The van der Waals surface area contributed by atoms with Gasteiger partial charge in [-0.15, -0.1) is 0 Å². The summed E-state index contributed by atoms with van der Waals surface area (Å²) in [7, 11) is 0. The number of benzene rings is 1. The van der Waals surface area contributed by atoms with Gasteiger partial charge in [0, 0.05) is 0 Å². The average molecular weight is 359 g/mol. The summed E-state index contributed by atoms with van der Waals surface area (Å²) < 4.78 is 0. The van der Waals surface area contributed by atoms with E-state index >= 15 is 0 Å². The highest BCUT2D eigenvalue weighted by molar-refractivity contribution is 5.50. The predicted molar refractivity (Wildman–Crippen MR) is 109 cm³/mol. The summed E-state index contributed by atoms with van der Waals surface area (Å²) in [6.45, 7) is 4.78. The Morgan fingerprint density at radius 1 is 0.654 bits per heavy atom. The van der Waals surface area contributed by atoms with Gasteiger partial charge in [-0.25, -0.2) is 0 Å². The number of rotatable bonds is 12. The third-order valence-electron chi connectivity index (χ3n) is 6.98. The molecule has 0 bridgehead atoms. The summed E-state index contributed by atoms with van der Waals surface area (Å²) in [5.41, 5.74) is 3.12. The Bertz CT molecular complexity index is 543. The lowest BCUT2D eigenvalue weighted by atomic mass is 9.96. The van der Waals surface area contributed by atoms with Crippen molar-refractivity contribution in [3.8, 4) is 11.5 Å². The molecule has 0 aliphatic heterocycles. The highest BCUT2D eigenvalue weighted by Crippen LogP contribution is 2.49. The van der Waals surface area contributed by atoms with E-state index < -0.39 is 0 Å². The molecular formula is C24H38O2. The highest BCUT2D eigenvalue weighted by Gasteiger charge is 2.36. The number of hydrogen-bond donors (Lipinski definition) is 2. The molecule has 26 heavy (non-hydrogen) atoms. The van der Waals surface area contributed by atoms with E-state index in [1.54, 1.807) is 0 Å². The van der Waals surface area contributed by atoms with Gasteiger partial charge in [-0.1, -0.05) is 51.7 Å². The van der Waals surface area contributed by atoms with Crippen LogP contribution >= 0.6 is 0 Å². The molecule has 1 aromatic rings. The number of aryl methyl sites for hydroxylation is 2. The van der Waals surface area contributed by atoms with Crippen molar-refractivity contribution in [3.63, 3.8) is 0 Å². The molecule has 0 saturated heterocycles. The summed E-state index contributed by atoms with van der Waals surface area (Å²) in [4.78, 5) is 0. The third kappa shape index (κ3) is 5.66. The van der Waals surface area contributed by atoms with Gasteiger partial charge < -0.3 is 10.2 Å². The molecule has 2 aliphatic carbocycles. The molecule has 2 heteroatoms. The van der Waals surface area contributed by atoms with E-state index in [0.29, 0.717) is 10.8 Å².